The highest BCUT2D eigenvalue weighted by atomic mass is 32.2. The molecule has 1 aromatic rings. The van der Waals surface area contributed by atoms with Crippen molar-refractivity contribution in [3.8, 4) is 0 Å². The number of benzene rings is 1. The molecule has 5 nitrogen and oxygen atoms in total. The normalized spacial score (nSPS) is 9.89. The first-order valence-electron chi connectivity index (χ1n) is 5.49. The summed E-state index contributed by atoms with van der Waals surface area (Å²) in [4.78, 5) is 23.2. The first kappa shape index (κ1) is 14.4. The monoisotopic (exact) mass is 268 g/mol. The molecule has 0 aliphatic heterocycles. The molecule has 0 heterocycles. The maximum Gasteiger partial charge on any atom is 0.413 e. The van der Waals surface area contributed by atoms with Gasteiger partial charge in [-0.1, -0.05) is 12.1 Å². The summed E-state index contributed by atoms with van der Waals surface area (Å²) in [6, 6.07) is 5.61. The second-order valence-corrected chi connectivity index (χ2v) is 4.56. The molecule has 0 aromatic heterocycles. The van der Waals surface area contributed by atoms with Gasteiger partial charge in [0.05, 0.1) is 12.4 Å². The number of carbonyl (C=O) groups excluding carboxylic acids is 2. The highest BCUT2D eigenvalue weighted by Gasteiger charge is 2.10. The van der Waals surface area contributed by atoms with Crippen LogP contribution in [-0.4, -0.2) is 24.4 Å². The molecule has 2 amide bonds. The van der Waals surface area contributed by atoms with Gasteiger partial charge in [-0.3, -0.25) is 10.1 Å². The van der Waals surface area contributed by atoms with Crippen LogP contribution in [0.4, 0.5) is 10.5 Å². The highest BCUT2D eigenvalue weighted by Crippen LogP contribution is 2.26. The van der Waals surface area contributed by atoms with Crippen molar-refractivity contribution in [3.63, 3.8) is 0 Å². The number of imide groups is 1. The average molecular weight is 268 g/mol. The zero-order chi connectivity index (χ0) is 13.5. The van der Waals surface area contributed by atoms with Gasteiger partial charge >= 0.3 is 6.09 Å². The van der Waals surface area contributed by atoms with Crippen molar-refractivity contribution in [1.82, 2.24) is 5.32 Å². The van der Waals surface area contributed by atoms with Crippen molar-refractivity contribution < 1.29 is 14.3 Å². The molecule has 0 spiro atoms. The molecular weight excluding hydrogens is 252 g/mol. The maximum absolute atomic E-state index is 11.4. The Hall–Kier alpha value is -1.69. The molecule has 1 rings (SSSR count). The van der Waals surface area contributed by atoms with Crippen molar-refractivity contribution in [3.05, 3.63) is 23.8 Å². The van der Waals surface area contributed by atoms with Gasteiger partial charge < -0.3 is 10.5 Å². The molecule has 0 atom stereocenters. The van der Waals surface area contributed by atoms with Gasteiger partial charge in [-0.2, -0.15) is 0 Å². The molecule has 1 aromatic carbocycles. The van der Waals surface area contributed by atoms with Gasteiger partial charge in [-0.15, -0.1) is 11.8 Å². The Kier molecular flexibility index (Phi) is 5.51. The minimum Gasteiger partial charge on any atom is -0.450 e. The summed E-state index contributed by atoms with van der Waals surface area (Å²) in [7, 11) is 0. The summed E-state index contributed by atoms with van der Waals surface area (Å²) in [5.41, 5.74) is 7.50. The van der Waals surface area contributed by atoms with E-state index in [1.807, 2.05) is 25.1 Å². The summed E-state index contributed by atoms with van der Waals surface area (Å²) in [5, 5.41) is 2.12. The van der Waals surface area contributed by atoms with E-state index in [1.165, 1.54) is 11.8 Å². The average Bonchev–Trinajstić information content (AvgIpc) is 2.31. The Labute approximate surface area is 110 Å². The zero-order valence-electron chi connectivity index (χ0n) is 10.4. The van der Waals surface area contributed by atoms with Gasteiger partial charge in [0.25, 0.3) is 0 Å². The quantitative estimate of drug-likeness (QED) is 0.644. The van der Waals surface area contributed by atoms with E-state index in [-0.39, 0.29) is 12.4 Å². The lowest BCUT2D eigenvalue weighted by Crippen LogP contribution is -2.32. The standard InChI is InChI=1S/C12H16N2O3S/c1-3-17-12(16)14-10(15)7-18-9-6-4-5-8(2)11(9)13/h4-6H,3,7,13H2,1-2H3,(H,14,15,16). The van der Waals surface area contributed by atoms with Crippen LogP contribution >= 0.6 is 11.8 Å². The number of nitrogen functional groups attached to an aromatic ring is 1. The Morgan fingerprint density at radius 1 is 1.44 bits per heavy atom. The number of hydrogen-bond donors (Lipinski definition) is 2. The number of thioether (sulfide) groups is 1. The van der Waals surface area contributed by atoms with Crippen LogP contribution in [0.3, 0.4) is 0 Å². The number of rotatable bonds is 4. The summed E-state index contributed by atoms with van der Waals surface area (Å²) in [6.45, 7) is 3.81. The lowest BCUT2D eigenvalue weighted by Gasteiger charge is -2.07. The number of ether oxygens (including phenoxy) is 1. The predicted molar refractivity (Wildman–Crippen MR) is 71.5 cm³/mol. The van der Waals surface area contributed by atoms with Gasteiger partial charge in [-0.05, 0) is 25.5 Å². The lowest BCUT2D eigenvalue weighted by molar-refractivity contribution is -0.117. The van der Waals surface area contributed by atoms with E-state index in [4.69, 9.17) is 5.73 Å². The zero-order valence-corrected chi connectivity index (χ0v) is 11.2. The molecule has 0 saturated heterocycles. The number of aryl methyl sites for hydroxylation is 1. The summed E-state index contributed by atoms with van der Waals surface area (Å²) >= 11 is 1.28. The van der Waals surface area contributed by atoms with Crippen LogP contribution in [0.15, 0.2) is 23.1 Å². The maximum atomic E-state index is 11.4. The van der Waals surface area contributed by atoms with E-state index in [9.17, 15) is 9.59 Å². The van der Waals surface area contributed by atoms with Crippen LogP contribution in [0.25, 0.3) is 0 Å². The van der Waals surface area contributed by atoms with Crippen molar-refractivity contribution in [2.45, 2.75) is 18.7 Å². The van der Waals surface area contributed by atoms with Crippen LogP contribution in [0.5, 0.6) is 0 Å². The van der Waals surface area contributed by atoms with Crippen LogP contribution in [0.1, 0.15) is 12.5 Å². The van der Waals surface area contributed by atoms with Gasteiger partial charge in [0.15, 0.2) is 0 Å². The highest BCUT2D eigenvalue weighted by molar-refractivity contribution is 8.00. The molecule has 0 aliphatic carbocycles. The second kappa shape index (κ2) is 6.90. The number of nitrogens with one attached hydrogen (secondary N) is 1. The van der Waals surface area contributed by atoms with E-state index in [0.717, 1.165) is 10.5 Å². The second-order valence-electron chi connectivity index (χ2n) is 3.54. The largest absolute Gasteiger partial charge is 0.450 e. The fourth-order valence-corrected chi connectivity index (χ4v) is 2.09. The number of anilines is 1. The van der Waals surface area contributed by atoms with Crippen molar-refractivity contribution in [1.29, 1.82) is 0 Å². The number of alkyl carbamates (subject to hydrolysis) is 1. The van der Waals surface area contributed by atoms with Crippen LogP contribution in [-0.2, 0) is 9.53 Å². The fourth-order valence-electron chi connectivity index (χ4n) is 1.24. The Morgan fingerprint density at radius 2 is 2.17 bits per heavy atom. The third kappa shape index (κ3) is 4.29. The van der Waals surface area contributed by atoms with Crippen LogP contribution < -0.4 is 11.1 Å². The number of amides is 2. The van der Waals surface area contributed by atoms with E-state index < -0.39 is 12.0 Å². The molecule has 0 radical (unpaired) electrons. The van der Waals surface area contributed by atoms with Gasteiger partial charge in [-0.25, -0.2) is 4.79 Å². The van der Waals surface area contributed by atoms with E-state index in [0.29, 0.717) is 5.69 Å². The SMILES string of the molecule is CCOC(=O)NC(=O)CSc1cccc(C)c1N. The third-order valence-electron chi connectivity index (χ3n) is 2.16. The predicted octanol–water partition coefficient (Wildman–Crippen LogP) is 1.94. The first-order valence-corrected chi connectivity index (χ1v) is 6.47. The van der Waals surface area contributed by atoms with Gasteiger partial charge in [0.1, 0.15) is 0 Å². The molecule has 18 heavy (non-hydrogen) atoms. The smallest absolute Gasteiger partial charge is 0.413 e. The number of carbonyl (C=O) groups is 2. The van der Waals surface area contributed by atoms with Gasteiger partial charge in [0.2, 0.25) is 5.91 Å². The molecule has 6 heteroatoms. The number of para-hydroxylation sites is 1. The van der Waals surface area contributed by atoms with Crippen molar-refractivity contribution in [2.24, 2.45) is 0 Å². The fraction of sp³-hybridized carbons (Fsp3) is 0.333. The lowest BCUT2D eigenvalue weighted by atomic mass is 10.2. The molecule has 0 unspecified atom stereocenters. The molecule has 0 saturated carbocycles. The summed E-state index contributed by atoms with van der Waals surface area (Å²) < 4.78 is 4.60. The van der Waals surface area contributed by atoms with E-state index in [1.54, 1.807) is 6.92 Å². The summed E-state index contributed by atoms with van der Waals surface area (Å²) in [6.07, 6.45) is -0.722. The van der Waals surface area contributed by atoms with E-state index in [2.05, 4.69) is 10.1 Å². The van der Waals surface area contributed by atoms with Gasteiger partial charge in [0, 0.05) is 10.6 Å². The molecular formula is C12H16N2O3S. The molecule has 3 N–H and O–H groups in total. The molecule has 0 aliphatic rings. The van der Waals surface area contributed by atoms with Crippen LogP contribution in [0.2, 0.25) is 0 Å². The first-order chi connectivity index (χ1) is 8.54. The van der Waals surface area contributed by atoms with E-state index >= 15 is 0 Å². The third-order valence-corrected chi connectivity index (χ3v) is 3.23. The van der Waals surface area contributed by atoms with Crippen molar-refractivity contribution >= 4 is 29.4 Å². The molecule has 0 fully saturated rings. The molecule has 0 bridgehead atoms. The summed E-state index contributed by atoms with van der Waals surface area (Å²) in [5.74, 6) is -0.286. The number of nitrogens with two attached hydrogens (primary N) is 1. The minimum atomic E-state index is -0.722. The Morgan fingerprint density at radius 3 is 2.83 bits per heavy atom. The Bertz CT molecular complexity index is 449. The number of hydrogen-bond acceptors (Lipinski definition) is 5. The topological polar surface area (TPSA) is 81.4 Å². The Balaban J connectivity index is 2.48. The minimum absolute atomic E-state index is 0.118. The van der Waals surface area contributed by atoms with Crippen molar-refractivity contribution in [2.75, 3.05) is 18.1 Å². The molecule has 98 valence electrons. The van der Waals surface area contributed by atoms with Crippen LogP contribution in [0, 0.1) is 6.92 Å².